The van der Waals surface area contributed by atoms with Crippen LogP contribution in [0.2, 0.25) is 0 Å². The molecule has 0 aromatic heterocycles. The largest absolute Gasteiger partial charge is 0.293 e. The summed E-state index contributed by atoms with van der Waals surface area (Å²) in [5, 5.41) is 6.82. The number of Topliss-reactive ketones (excluding diaryl/α,β-unsaturated/α-hetero) is 1. The van der Waals surface area contributed by atoms with Gasteiger partial charge in [0.1, 0.15) is 0 Å². The third-order valence-corrected chi connectivity index (χ3v) is 5.23. The number of hydrogen-bond donors (Lipinski definition) is 1. The van der Waals surface area contributed by atoms with E-state index in [1.807, 2.05) is 18.2 Å². The summed E-state index contributed by atoms with van der Waals surface area (Å²) < 4.78 is 0. The topological polar surface area (TPSA) is 17.1 Å². The fraction of sp³-hybridized carbons (Fsp3) is 0.0455. The van der Waals surface area contributed by atoms with Crippen molar-refractivity contribution < 1.29 is 4.79 Å². The Hall–Kier alpha value is -2.58. The van der Waals surface area contributed by atoms with Gasteiger partial charge in [-0.3, -0.25) is 4.79 Å². The fourth-order valence-electron chi connectivity index (χ4n) is 3.55. The Balaban J connectivity index is 1.84. The van der Waals surface area contributed by atoms with E-state index in [1.165, 1.54) is 21.5 Å². The summed E-state index contributed by atoms with van der Waals surface area (Å²) in [7, 11) is 0. The number of rotatable bonds is 0. The zero-order valence-electron chi connectivity index (χ0n) is 12.9. The Labute approximate surface area is 145 Å². The van der Waals surface area contributed by atoms with Gasteiger partial charge in [0.25, 0.3) is 0 Å². The van der Waals surface area contributed by atoms with Gasteiger partial charge in [0.2, 0.25) is 0 Å². The highest BCUT2D eigenvalue weighted by molar-refractivity contribution is 7.82. The van der Waals surface area contributed by atoms with Crippen molar-refractivity contribution in [2.45, 2.75) is 5.25 Å². The lowest BCUT2D eigenvalue weighted by atomic mass is 9.91. The highest BCUT2D eigenvalue weighted by Gasteiger charge is 2.21. The van der Waals surface area contributed by atoms with Crippen molar-refractivity contribution in [3.8, 4) is 0 Å². The third kappa shape index (κ3) is 2.00. The van der Waals surface area contributed by atoms with Gasteiger partial charge in [-0.25, -0.2) is 0 Å². The molecule has 5 rings (SSSR count). The van der Waals surface area contributed by atoms with Gasteiger partial charge in [-0.05, 0) is 74.3 Å². The average Bonchev–Trinajstić information content (AvgIpc) is 2.60. The summed E-state index contributed by atoms with van der Waals surface area (Å²) in [6.45, 7) is 0. The van der Waals surface area contributed by atoms with E-state index in [2.05, 4.69) is 67.2 Å². The third-order valence-electron chi connectivity index (χ3n) is 4.82. The summed E-state index contributed by atoms with van der Waals surface area (Å²) in [6, 6.07) is 21.3. The molecule has 2 heteroatoms. The monoisotopic (exact) mass is 326 g/mol. The standard InChI is InChI=1S/C22H14OS/c23-22-20-12-19-11-17-8-14-4-2-1-3-13(14)7-16(17)10-18(19)9-15(20)5-6-21(22)24/h1-12,21,24H. The first-order valence-electron chi connectivity index (χ1n) is 8.00. The fourth-order valence-corrected chi connectivity index (χ4v) is 3.78. The van der Waals surface area contributed by atoms with Crippen LogP contribution >= 0.6 is 12.6 Å². The minimum Gasteiger partial charge on any atom is -0.293 e. The number of benzene rings is 4. The predicted octanol–water partition coefficient (Wildman–Crippen LogP) is 5.65. The molecule has 0 saturated carbocycles. The highest BCUT2D eigenvalue weighted by atomic mass is 32.1. The Morgan fingerprint density at radius 3 is 1.92 bits per heavy atom. The second-order valence-electron chi connectivity index (χ2n) is 6.35. The molecule has 1 nitrogen and oxygen atoms in total. The van der Waals surface area contributed by atoms with Gasteiger partial charge >= 0.3 is 0 Å². The summed E-state index contributed by atoms with van der Waals surface area (Å²) in [6.07, 6.45) is 3.85. The van der Waals surface area contributed by atoms with Crippen LogP contribution in [0.4, 0.5) is 0 Å². The van der Waals surface area contributed by atoms with Crippen LogP contribution in [0.15, 0.2) is 66.7 Å². The molecule has 1 unspecified atom stereocenters. The van der Waals surface area contributed by atoms with Gasteiger partial charge in [-0.15, -0.1) is 0 Å². The van der Waals surface area contributed by atoms with Gasteiger partial charge in [-0.2, -0.15) is 12.6 Å². The molecule has 0 saturated heterocycles. The maximum atomic E-state index is 12.4. The summed E-state index contributed by atoms with van der Waals surface area (Å²) >= 11 is 4.34. The molecule has 4 aromatic rings. The summed E-state index contributed by atoms with van der Waals surface area (Å²) in [4.78, 5) is 12.4. The average molecular weight is 326 g/mol. The molecule has 1 aliphatic rings. The van der Waals surface area contributed by atoms with Gasteiger partial charge in [0.15, 0.2) is 5.78 Å². The zero-order chi connectivity index (χ0) is 16.3. The number of thiol groups is 1. The van der Waals surface area contributed by atoms with Gasteiger partial charge in [-0.1, -0.05) is 36.4 Å². The van der Waals surface area contributed by atoms with E-state index in [4.69, 9.17) is 0 Å². The quantitative estimate of drug-likeness (QED) is 0.326. The molecule has 0 fully saturated rings. The van der Waals surface area contributed by atoms with Gasteiger partial charge < -0.3 is 0 Å². The molecule has 114 valence electrons. The van der Waals surface area contributed by atoms with Crippen LogP contribution in [-0.2, 0) is 0 Å². The smallest absolute Gasteiger partial charge is 0.179 e. The van der Waals surface area contributed by atoms with Gasteiger partial charge in [0.05, 0.1) is 5.25 Å². The van der Waals surface area contributed by atoms with Crippen molar-refractivity contribution in [1.29, 1.82) is 0 Å². The van der Waals surface area contributed by atoms with E-state index in [-0.39, 0.29) is 11.0 Å². The van der Waals surface area contributed by atoms with Crippen LogP contribution in [0.25, 0.3) is 38.4 Å². The number of carbonyl (C=O) groups excluding carboxylic acids is 1. The van der Waals surface area contributed by atoms with Crippen molar-refractivity contribution in [2.24, 2.45) is 0 Å². The second kappa shape index (κ2) is 4.96. The molecule has 0 amide bonds. The molecular formula is C22H14OS. The van der Waals surface area contributed by atoms with Crippen LogP contribution in [0.3, 0.4) is 0 Å². The Morgan fingerprint density at radius 2 is 1.25 bits per heavy atom. The first kappa shape index (κ1) is 13.8. The van der Waals surface area contributed by atoms with E-state index < -0.39 is 0 Å². The Morgan fingerprint density at radius 1 is 0.708 bits per heavy atom. The molecule has 0 heterocycles. The minimum absolute atomic E-state index is 0.0799. The van der Waals surface area contributed by atoms with Crippen molar-refractivity contribution in [3.63, 3.8) is 0 Å². The molecule has 0 aliphatic heterocycles. The lowest BCUT2D eigenvalue weighted by Crippen LogP contribution is -2.16. The SMILES string of the molecule is O=C1c2cc3cc4cc5ccccc5cc4cc3cc2C=CC1S. The molecule has 0 spiro atoms. The summed E-state index contributed by atoms with van der Waals surface area (Å²) in [5.41, 5.74) is 1.75. The zero-order valence-corrected chi connectivity index (χ0v) is 13.8. The Bertz CT molecular complexity index is 1190. The van der Waals surface area contributed by atoms with E-state index in [0.717, 1.165) is 21.9 Å². The van der Waals surface area contributed by atoms with Crippen LogP contribution in [0.1, 0.15) is 15.9 Å². The molecule has 4 aromatic carbocycles. The molecule has 0 N–H and O–H groups in total. The van der Waals surface area contributed by atoms with E-state index >= 15 is 0 Å². The summed E-state index contributed by atoms with van der Waals surface area (Å²) in [5.74, 6) is 0.0799. The van der Waals surface area contributed by atoms with Crippen LogP contribution in [0, 0.1) is 0 Å². The van der Waals surface area contributed by atoms with Crippen molar-refractivity contribution in [1.82, 2.24) is 0 Å². The maximum absolute atomic E-state index is 12.4. The molecule has 1 aliphatic carbocycles. The first-order chi connectivity index (χ1) is 11.7. The molecule has 1 atom stereocenters. The van der Waals surface area contributed by atoms with E-state index in [9.17, 15) is 4.79 Å². The first-order valence-corrected chi connectivity index (χ1v) is 8.51. The number of fused-ring (bicyclic) bond motifs is 4. The molecule has 0 bridgehead atoms. The maximum Gasteiger partial charge on any atom is 0.179 e. The van der Waals surface area contributed by atoms with Crippen LogP contribution in [-0.4, -0.2) is 11.0 Å². The Kier molecular flexibility index (Phi) is 2.85. The van der Waals surface area contributed by atoms with Crippen molar-refractivity contribution >= 4 is 56.8 Å². The van der Waals surface area contributed by atoms with Crippen LogP contribution < -0.4 is 0 Å². The van der Waals surface area contributed by atoms with Crippen molar-refractivity contribution in [3.05, 3.63) is 77.9 Å². The normalized spacial score (nSPS) is 16.9. The van der Waals surface area contributed by atoms with Crippen LogP contribution in [0.5, 0.6) is 0 Å². The van der Waals surface area contributed by atoms with E-state index in [0.29, 0.717) is 0 Å². The number of carbonyl (C=O) groups is 1. The van der Waals surface area contributed by atoms with Gasteiger partial charge in [0, 0.05) is 5.56 Å². The van der Waals surface area contributed by atoms with Crippen molar-refractivity contribution in [2.75, 3.05) is 0 Å². The molecule has 0 radical (unpaired) electrons. The number of ketones is 1. The second-order valence-corrected chi connectivity index (χ2v) is 6.91. The minimum atomic E-state index is -0.334. The highest BCUT2D eigenvalue weighted by Crippen LogP contribution is 2.31. The molecule has 24 heavy (non-hydrogen) atoms. The molecular weight excluding hydrogens is 312 g/mol. The van der Waals surface area contributed by atoms with E-state index in [1.54, 1.807) is 0 Å². The predicted molar refractivity (Wildman–Crippen MR) is 105 cm³/mol. The number of hydrogen-bond acceptors (Lipinski definition) is 2. The lowest BCUT2D eigenvalue weighted by Gasteiger charge is -2.15. The lowest BCUT2D eigenvalue weighted by molar-refractivity contribution is 0.100.